The van der Waals surface area contributed by atoms with Gasteiger partial charge < -0.3 is 15.4 Å². The number of aromatic nitrogens is 1. The standard InChI is InChI=1S/C12H9ClN2O3/c13-9-5-8(2-3-10(9)16)15-12(18)7-1-4-11(17)14-6-7/h1-6,16H,(H,14,17)(H,15,18). The molecule has 0 bridgehead atoms. The number of phenolic OH excluding ortho intramolecular Hbond substituents is 1. The normalized spacial score (nSPS) is 10.1. The van der Waals surface area contributed by atoms with Crippen LogP contribution in [0, 0.1) is 0 Å². The molecule has 2 rings (SSSR count). The first-order chi connectivity index (χ1) is 8.56. The fourth-order valence-electron chi connectivity index (χ4n) is 1.34. The van der Waals surface area contributed by atoms with Crippen LogP contribution in [0.15, 0.2) is 41.3 Å². The van der Waals surface area contributed by atoms with E-state index in [1.54, 1.807) is 0 Å². The van der Waals surface area contributed by atoms with Crippen molar-refractivity contribution >= 4 is 23.2 Å². The molecule has 1 aromatic carbocycles. The molecule has 6 heteroatoms. The van der Waals surface area contributed by atoms with Gasteiger partial charge in [0.25, 0.3) is 5.91 Å². The Balaban J connectivity index is 2.18. The molecule has 92 valence electrons. The third-order valence-electron chi connectivity index (χ3n) is 2.25. The SMILES string of the molecule is O=C(Nc1ccc(O)c(Cl)c1)c1ccc(=O)[nH]c1. The molecule has 0 radical (unpaired) electrons. The van der Waals surface area contributed by atoms with Gasteiger partial charge in [0.1, 0.15) is 5.75 Å². The first-order valence-corrected chi connectivity index (χ1v) is 5.42. The zero-order valence-corrected chi connectivity index (χ0v) is 9.86. The summed E-state index contributed by atoms with van der Waals surface area (Å²) in [5, 5.41) is 12.0. The molecule has 0 aliphatic heterocycles. The van der Waals surface area contributed by atoms with Crippen LogP contribution in [0.4, 0.5) is 5.69 Å². The van der Waals surface area contributed by atoms with E-state index >= 15 is 0 Å². The molecule has 1 amide bonds. The largest absolute Gasteiger partial charge is 0.506 e. The molecule has 18 heavy (non-hydrogen) atoms. The van der Waals surface area contributed by atoms with E-state index in [1.165, 1.54) is 36.5 Å². The summed E-state index contributed by atoms with van der Waals surface area (Å²) in [4.78, 5) is 25.0. The Morgan fingerprint density at radius 1 is 1.28 bits per heavy atom. The van der Waals surface area contributed by atoms with Crippen molar-refractivity contribution in [3.8, 4) is 5.75 Å². The second-order valence-electron chi connectivity index (χ2n) is 3.56. The Kier molecular flexibility index (Phi) is 3.34. The van der Waals surface area contributed by atoms with Crippen molar-refractivity contribution in [2.45, 2.75) is 0 Å². The molecule has 0 aliphatic carbocycles. The van der Waals surface area contributed by atoms with Gasteiger partial charge in [0, 0.05) is 18.0 Å². The lowest BCUT2D eigenvalue weighted by molar-refractivity contribution is 0.102. The molecule has 0 saturated carbocycles. The zero-order valence-electron chi connectivity index (χ0n) is 9.11. The highest BCUT2D eigenvalue weighted by atomic mass is 35.5. The number of halogens is 1. The topological polar surface area (TPSA) is 82.2 Å². The Morgan fingerprint density at radius 2 is 2.06 bits per heavy atom. The zero-order chi connectivity index (χ0) is 13.1. The van der Waals surface area contributed by atoms with Crippen molar-refractivity contribution in [2.24, 2.45) is 0 Å². The molecule has 1 heterocycles. The van der Waals surface area contributed by atoms with Gasteiger partial charge in [-0.3, -0.25) is 9.59 Å². The molecular formula is C12H9ClN2O3. The monoisotopic (exact) mass is 264 g/mol. The van der Waals surface area contributed by atoms with Crippen molar-refractivity contribution in [3.63, 3.8) is 0 Å². The number of phenols is 1. The second kappa shape index (κ2) is 4.93. The molecule has 0 unspecified atom stereocenters. The van der Waals surface area contributed by atoms with Crippen LogP contribution in [0.2, 0.25) is 5.02 Å². The Bertz CT molecular complexity index is 632. The van der Waals surface area contributed by atoms with E-state index in [-0.39, 0.29) is 22.2 Å². The Labute approximate surface area is 107 Å². The number of hydrogen-bond donors (Lipinski definition) is 3. The molecule has 0 atom stereocenters. The lowest BCUT2D eigenvalue weighted by atomic mass is 10.2. The number of nitrogens with one attached hydrogen (secondary N) is 2. The summed E-state index contributed by atoms with van der Waals surface area (Å²) in [6, 6.07) is 7.00. The molecule has 0 aliphatic rings. The van der Waals surface area contributed by atoms with E-state index in [9.17, 15) is 14.7 Å². The van der Waals surface area contributed by atoms with E-state index in [4.69, 9.17) is 11.6 Å². The van der Waals surface area contributed by atoms with Crippen LogP contribution in [0.1, 0.15) is 10.4 Å². The van der Waals surface area contributed by atoms with Crippen molar-refractivity contribution in [3.05, 3.63) is 57.5 Å². The van der Waals surface area contributed by atoms with Gasteiger partial charge in [-0.2, -0.15) is 0 Å². The maximum absolute atomic E-state index is 11.8. The van der Waals surface area contributed by atoms with Crippen molar-refractivity contribution in [1.82, 2.24) is 4.98 Å². The van der Waals surface area contributed by atoms with Gasteiger partial charge in [0.05, 0.1) is 10.6 Å². The fourth-order valence-corrected chi connectivity index (χ4v) is 1.52. The molecule has 5 nitrogen and oxygen atoms in total. The second-order valence-corrected chi connectivity index (χ2v) is 3.97. The number of anilines is 1. The van der Waals surface area contributed by atoms with Gasteiger partial charge >= 0.3 is 0 Å². The lowest BCUT2D eigenvalue weighted by Gasteiger charge is -2.06. The van der Waals surface area contributed by atoms with Crippen LogP contribution in [0.3, 0.4) is 0 Å². The van der Waals surface area contributed by atoms with Gasteiger partial charge in [-0.1, -0.05) is 11.6 Å². The predicted molar refractivity (Wildman–Crippen MR) is 68.1 cm³/mol. The number of carbonyl (C=O) groups is 1. The van der Waals surface area contributed by atoms with Crippen molar-refractivity contribution < 1.29 is 9.90 Å². The average molecular weight is 265 g/mol. The first kappa shape index (κ1) is 12.2. The number of benzene rings is 1. The highest BCUT2D eigenvalue weighted by molar-refractivity contribution is 6.32. The molecule has 0 spiro atoms. The highest BCUT2D eigenvalue weighted by Gasteiger charge is 2.07. The number of H-pyrrole nitrogens is 1. The molecular weight excluding hydrogens is 256 g/mol. The summed E-state index contributed by atoms with van der Waals surface area (Å²) in [6.45, 7) is 0. The minimum Gasteiger partial charge on any atom is -0.506 e. The summed E-state index contributed by atoms with van der Waals surface area (Å²) < 4.78 is 0. The number of carbonyl (C=O) groups excluding carboxylic acids is 1. The van der Waals surface area contributed by atoms with Gasteiger partial charge in [-0.15, -0.1) is 0 Å². The number of rotatable bonds is 2. The smallest absolute Gasteiger partial charge is 0.257 e. The summed E-state index contributed by atoms with van der Waals surface area (Å²) in [5.74, 6) is -0.438. The highest BCUT2D eigenvalue weighted by Crippen LogP contribution is 2.26. The Morgan fingerprint density at radius 3 is 2.67 bits per heavy atom. The van der Waals surface area contributed by atoms with Crippen LogP contribution in [0.25, 0.3) is 0 Å². The molecule has 2 aromatic rings. The van der Waals surface area contributed by atoms with E-state index in [0.717, 1.165) is 0 Å². The van der Waals surface area contributed by atoms with Gasteiger partial charge in [-0.05, 0) is 24.3 Å². The third-order valence-corrected chi connectivity index (χ3v) is 2.55. The number of pyridine rings is 1. The maximum Gasteiger partial charge on any atom is 0.257 e. The molecule has 0 saturated heterocycles. The summed E-state index contributed by atoms with van der Waals surface area (Å²) in [6.07, 6.45) is 1.32. The first-order valence-electron chi connectivity index (χ1n) is 5.05. The van der Waals surface area contributed by atoms with Gasteiger partial charge in [0.2, 0.25) is 5.56 Å². The Hall–Kier alpha value is -2.27. The van der Waals surface area contributed by atoms with Crippen LogP contribution in [-0.2, 0) is 0 Å². The van der Waals surface area contributed by atoms with Crippen molar-refractivity contribution in [2.75, 3.05) is 5.32 Å². The maximum atomic E-state index is 11.8. The number of amides is 1. The molecule has 3 N–H and O–H groups in total. The number of hydrogen-bond acceptors (Lipinski definition) is 3. The summed E-state index contributed by atoms with van der Waals surface area (Å²) in [5.41, 5.74) is 0.493. The third kappa shape index (κ3) is 2.70. The van der Waals surface area contributed by atoms with Crippen LogP contribution < -0.4 is 10.9 Å². The molecule has 0 fully saturated rings. The quantitative estimate of drug-likeness (QED) is 0.726. The van der Waals surface area contributed by atoms with E-state index < -0.39 is 0 Å². The van der Waals surface area contributed by atoms with E-state index in [2.05, 4.69) is 10.3 Å². The number of aromatic amines is 1. The van der Waals surface area contributed by atoms with Gasteiger partial charge in [-0.25, -0.2) is 0 Å². The lowest BCUT2D eigenvalue weighted by Crippen LogP contribution is -2.14. The summed E-state index contributed by atoms with van der Waals surface area (Å²) in [7, 11) is 0. The van der Waals surface area contributed by atoms with Crippen molar-refractivity contribution in [1.29, 1.82) is 0 Å². The summed E-state index contributed by atoms with van der Waals surface area (Å²) >= 11 is 5.72. The molecule has 1 aromatic heterocycles. The van der Waals surface area contributed by atoms with Crippen LogP contribution >= 0.6 is 11.6 Å². The van der Waals surface area contributed by atoms with E-state index in [0.29, 0.717) is 11.3 Å². The van der Waals surface area contributed by atoms with Gasteiger partial charge in [0.15, 0.2) is 0 Å². The van der Waals surface area contributed by atoms with Crippen LogP contribution in [0.5, 0.6) is 5.75 Å². The fraction of sp³-hybridized carbons (Fsp3) is 0. The van der Waals surface area contributed by atoms with E-state index in [1.807, 2.05) is 0 Å². The minimum absolute atomic E-state index is 0.0568. The van der Waals surface area contributed by atoms with Crippen LogP contribution in [-0.4, -0.2) is 16.0 Å². The average Bonchev–Trinajstić information content (AvgIpc) is 2.34. The predicted octanol–water partition coefficient (Wildman–Crippen LogP) is 1.99. The minimum atomic E-state index is -0.381. The number of aromatic hydroxyl groups is 1.